The minimum absolute atomic E-state index is 0.208. The van der Waals surface area contributed by atoms with E-state index in [2.05, 4.69) is 6.92 Å². The first kappa shape index (κ1) is 27.7. The number of carboxylic acid groups (broad SMARTS) is 1. The molecule has 0 spiro atoms. The lowest BCUT2D eigenvalue weighted by molar-refractivity contribution is -0.122. The largest absolute Gasteiger partial charge is 0.493 e. The maximum absolute atomic E-state index is 13.3. The van der Waals surface area contributed by atoms with E-state index in [-0.39, 0.29) is 18.4 Å². The van der Waals surface area contributed by atoms with Crippen LogP contribution in [-0.2, 0) is 4.79 Å². The van der Waals surface area contributed by atoms with Crippen molar-refractivity contribution in [1.82, 2.24) is 4.90 Å². The van der Waals surface area contributed by atoms with E-state index in [9.17, 15) is 9.90 Å². The molecular formula is C28H35NO6. The molecule has 1 atom stereocenters. The second-order valence-electron chi connectivity index (χ2n) is 8.29. The topological polar surface area (TPSA) is 100 Å². The van der Waals surface area contributed by atoms with E-state index in [4.69, 9.17) is 19.1 Å². The summed E-state index contributed by atoms with van der Waals surface area (Å²) in [6.07, 6.45) is 4.94. The van der Waals surface area contributed by atoms with Gasteiger partial charge < -0.3 is 24.3 Å². The lowest BCUT2D eigenvalue weighted by Crippen LogP contribution is -2.40. The molecule has 3 rings (SSSR count). The van der Waals surface area contributed by atoms with Crippen LogP contribution in [0.5, 0.6) is 5.75 Å². The Morgan fingerprint density at radius 1 is 1.03 bits per heavy atom. The van der Waals surface area contributed by atoms with Crippen molar-refractivity contribution in [3.8, 4) is 17.1 Å². The number of ether oxygens (including phenoxy) is 1. The number of carbonyl (C=O) groups is 2. The standard InChI is InChI=1S/C27H33NO4.CH2O2/c1-4-5-6-9-18-32-25-12-8-7-11-23(25)27(30)28(20(2)3)26(29)22-16-14-21(15-17-22)24-13-10-19-31-24;2-1-3/h7-8,10-17,19-20,27,30H,4-6,9,18H2,1-3H3;1H,(H,2,3). The van der Waals surface area contributed by atoms with Crippen LogP contribution in [0.25, 0.3) is 11.3 Å². The van der Waals surface area contributed by atoms with E-state index in [1.165, 1.54) is 17.7 Å². The number of furan rings is 1. The molecule has 1 aromatic heterocycles. The summed E-state index contributed by atoms with van der Waals surface area (Å²) in [4.78, 5) is 23.2. The normalized spacial score (nSPS) is 11.3. The third kappa shape index (κ3) is 8.00. The zero-order valence-electron chi connectivity index (χ0n) is 20.6. The summed E-state index contributed by atoms with van der Waals surface area (Å²) < 4.78 is 11.4. The summed E-state index contributed by atoms with van der Waals surface area (Å²) in [5.41, 5.74) is 1.99. The Morgan fingerprint density at radius 3 is 2.31 bits per heavy atom. The molecule has 0 aliphatic rings. The molecule has 7 heteroatoms. The van der Waals surface area contributed by atoms with Crippen molar-refractivity contribution in [2.45, 2.75) is 58.7 Å². The Morgan fingerprint density at radius 2 is 1.71 bits per heavy atom. The van der Waals surface area contributed by atoms with Gasteiger partial charge in [0.15, 0.2) is 6.23 Å². The van der Waals surface area contributed by atoms with Gasteiger partial charge in [-0.25, -0.2) is 0 Å². The minimum atomic E-state index is -1.11. The zero-order valence-corrected chi connectivity index (χ0v) is 20.6. The number of rotatable bonds is 11. The summed E-state index contributed by atoms with van der Waals surface area (Å²) >= 11 is 0. The molecular weight excluding hydrogens is 446 g/mol. The Labute approximate surface area is 207 Å². The zero-order chi connectivity index (χ0) is 25.6. The average Bonchev–Trinajstić information content (AvgIpc) is 3.40. The van der Waals surface area contributed by atoms with Crippen molar-refractivity contribution in [1.29, 1.82) is 0 Å². The van der Waals surface area contributed by atoms with Crippen LogP contribution in [0, 0.1) is 0 Å². The molecule has 2 aromatic carbocycles. The molecule has 0 radical (unpaired) electrons. The number of para-hydroxylation sites is 1. The van der Waals surface area contributed by atoms with Crippen LogP contribution in [0.3, 0.4) is 0 Å². The van der Waals surface area contributed by atoms with E-state index < -0.39 is 6.23 Å². The number of nitrogens with zero attached hydrogens (tertiary/aromatic N) is 1. The van der Waals surface area contributed by atoms with Gasteiger partial charge in [-0.05, 0) is 50.6 Å². The highest BCUT2D eigenvalue weighted by molar-refractivity contribution is 5.95. The maximum atomic E-state index is 13.3. The van der Waals surface area contributed by atoms with Gasteiger partial charge >= 0.3 is 0 Å². The second kappa shape index (κ2) is 14.6. The summed E-state index contributed by atoms with van der Waals surface area (Å²) in [5, 5.41) is 18.1. The highest BCUT2D eigenvalue weighted by Crippen LogP contribution is 2.31. The number of benzene rings is 2. The number of carbonyl (C=O) groups excluding carboxylic acids is 1. The molecule has 2 N–H and O–H groups in total. The van der Waals surface area contributed by atoms with Gasteiger partial charge in [-0.3, -0.25) is 9.59 Å². The van der Waals surface area contributed by atoms with Gasteiger partial charge in [-0.1, -0.05) is 56.5 Å². The lowest BCUT2D eigenvalue weighted by atomic mass is 10.1. The van der Waals surface area contributed by atoms with Crippen LogP contribution in [0.2, 0.25) is 0 Å². The van der Waals surface area contributed by atoms with E-state index in [0.29, 0.717) is 23.5 Å². The van der Waals surface area contributed by atoms with Crippen LogP contribution < -0.4 is 4.74 Å². The average molecular weight is 482 g/mol. The molecule has 0 aliphatic heterocycles. The van der Waals surface area contributed by atoms with Crippen molar-refractivity contribution in [2.75, 3.05) is 6.61 Å². The number of amides is 1. The van der Waals surface area contributed by atoms with Crippen LogP contribution >= 0.6 is 0 Å². The van der Waals surface area contributed by atoms with Crippen LogP contribution in [0.15, 0.2) is 71.3 Å². The molecule has 3 aromatic rings. The van der Waals surface area contributed by atoms with Gasteiger partial charge in [0, 0.05) is 22.7 Å². The summed E-state index contributed by atoms with van der Waals surface area (Å²) in [5.74, 6) is 1.12. The molecule has 1 heterocycles. The van der Waals surface area contributed by atoms with E-state index >= 15 is 0 Å². The molecule has 0 saturated heterocycles. The van der Waals surface area contributed by atoms with Crippen molar-refractivity contribution in [3.63, 3.8) is 0 Å². The molecule has 1 unspecified atom stereocenters. The smallest absolute Gasteiger partial charge is 0.290 e. The van der Waals surface area contributed by atoms with Gasteiger partial charge in [-0.15, -0.1) is 0 Å². The molecule has 35 heavy (non-hydrogen) atoms. The van der Waals surface area contributed by atoms with Crippen molar-refractivity contribution >= 4 is 12.4 Å². The van der Waals surface area contributed by atoms with Crippen molar-refractivity contribution in [3.05, 3.63) is 78.1 Å². The number of hydrogen-bond acceptors (Lipinski definition) is 5. The van der Waals surface area contributed by atoms with Gasteiger partial charge in [0.05, 0.1) is 12.9 Å². The van der Waals surface area contributed by atoms with E-state index in [1.807, 2.05) is 62.4 Å². The summed E-state index contributed by atoms with van der Waals surface area (Å²) in [6.45, 7) is 6.31. The predicted molar refractivity (Wildman–Crippen MR) is 135 cm³/mol. The summed E-state index contributed by atoms with van der Waals surface area (Å²) in [6, 6.07) is 18.1. The quantitative estimate of drug-likeness (QED) is 0.194. The predicted octanol–water partition coefficient (Wildman–Crippen LogP) is 6.15. The molecule has 188 valence electrons. The van der Waals surface area contributed by atoms with Gasteiger partial charge in [-0.2, -0.15) is 0 Å². The fourth-order valence-corrected chi connectivity index (χ4v) is 3.68. The third-order valence-electron chi connectivity index (χ3n) is 5.44. The number of aliphatic hydroxyl groups is 1. The SMILES string of the molecule is CCCCCCOc1ccccc1C(O)N(C(=O)c1ccc(-c2ccco2)cc1)C(C)C.O=CO. The maximum Gasteiger partial charge on any atom is 0.290 e. The number of unbranched alkanes of at least 4 members (excludes halogenated alkanes) is 3. The van der Waals surface area contributed by atoms with Gasteiger partial charge in [0.2, 0.25) is 0 Å². The van der Waals surface area contributed by atoms with Crippen LogP contribution in [0.1, 0.15) is 68.6 Å². The molecule has 7 nitrogen and oxygen atoms in total. The highest BCUT2D eigenvalue weighted by Gasteiger charge is 2.29. The van der Waals surface area contributed by atoms with Crippen LogP contribution in [-0.4, -0.2) is 40.1 Å². The highest BCUT2D eigenvalue weighted by atomic mass is 16.5. The second-order valence-corrected chi connectivity index (χ2v) is 8.29. The first-order valence-electron chi connectivity index (χ1n) is 11.9. The molecule has 0 fully saturated rings. The van der Waals surface area contributed by atoms with E-state index in [1.54, 1.807) is 18.4 Å². The summed E-state index contributed by atoms with van der Waals surface area (Å²) in [7, 11) is 0. The Bertz CT molecular complexity index is 1010. The van der Waals surface area contributed by atoms with Gasteiger partial charge in [0.25, 0.3) is 12.4 Å². The molecule has 1 amide bonds. The lowest BCUT2D eigenvalue weighted by Gasteiger charge is -2.32. The van der Waals surface area contributed by atoms with Gasteiger partial charge in [0.1, 0.15) is 11.5 Å². The fourth-order valence-electron chi connectivity index (χ4n) is 3.68. The molecule has 0 aliphatic carbocycles. The van der Waals surface area contributed by atoms with E-state index in [0.717, 1.165) is 24.2 Å². The first-order chi connectivity index (χ1) is 16.9. The first-order valence-corrected chi connectivity index (χ1v) is 11.9. The minimum Gasteiger partial charge on any atom is -0.493 e. The van der Waals surface area contributed by atoms with Crippen molar-refractivity contribution < 1.29 is 29.0 Å². The number of aliphatic hydroxyl groups excluding tert-OH is 1. The van der Waals surface area contributed by atoms with Crippen LogP contribution in [0.4, 0.5) is 0 Å². The number of hydrogen-bond donors (Lipinski definition) is 2. The monoisotopic (exact) mass is 481 g/mol. The Balaban J connectivity index is 0.00000137. The molecule has 0 bridgehead atoms. The third-order valence-corrected chi connectivity index (χ3v) is 5.44. The Kier molecular flexibility index (Phi) is 11.6. The van der Waals surface area contributed by atoms with Crippen molar-refractivity contribution in [2.24, 2.45) is 0 Å². The Hall–Kier alpha value is -3.58. The fraction of sp³-hybridized carbons (Fsp3) is 0.357. The molecule has 0 saturated carbocycles.